The molecule has 8 nitrogen and oxygen atoms in total. The van der Waals surface area contributed by atoms with Gasteiger partial charge in [-0.2, -0.15) is 18.4 Å². The lowest BCUT2D eigenvalue weighted by molar-refractivity contribution is -0.118. The van der Waals surface area contributed by atoms with E-state index in [0.717, 1.165) is 18.5 Å². The second-order valence-corrected chi connectivity index (χ2v) is 5.64. The zero-order valence-corrected chi connectivity index (χ0v) is 14.3. The zero-order chi connectivity index (χ0) is 18.7. The molecule has 0 amide bonds. The molecule has 12 heteroatoms. The van der Waals surface area contributed by atoms with Gasteiger partial charge in [0.1, 0.15) is 6.54 Å². The highest BCUT2D eigenvalue weighted by Gasteiger charge is 2.26. The van der Waals surface area contributed by atoms with E-state index in [2.05, 4.69) is 30.9 Å². The van der Waals surface area contributed by atoms with Crippen LogP contribution in [0.5, 0.6) is 0 Å². The van der Waals surface area contributed by atoms with Crippen molar-refractivity contribution in [2.45, 2.75) is 25.4 Å². The molecule has 0 aliphatic heterocycles. The highest BCUT2D eigenvalue weighted by Crippen LogP contribution is 2.17. The van der Waals surface area contributed by atoms with Crippen molar-refractivity contribution in [1.82, 2.24) is 15.6 Å². The Morgan fingerprint density at radius 1 is 1.44 bits per heavy atom. The van der Waals surface area contributed by atoms with Crippen molar-refractivity contribution < 1.29 is 13.2 Å². The number of guanidine groups is 2. The lowest BCUT2D eigenvalue weighted by Gasteiger charge is -2.06. The van der Waals surface area contributed by atoms with Gasteiger partial charge in [0.05, 0.1) is 5.69 Å². The summed E-state index contributed by atoms with van der Waals surface area (Å²) in [6, 6.07) is 0. The summed E-state index contributed by atoms with van der Waals surface area (Å²) in [6.45, 7) is -0.686. The third-order valence-electron chi connectivity index (χ3n) is 2.77. The van der Waals surface area contributed by atoms with Gasteiger partial charge < -0.3 is 16.4 Å². The van der Waals surface area contributed by atoms with E-state index in [4.69, 9.17) is 11.0 Å². The Kier molecular flexibility index (Phi) is 8.48. The van der Waals surface area contributed by atoms with Gasteiger partial charge in [0.25, 0.3) is 0 Å². The number of halogens is 3. The summed E-state index contributed by atoms with van der Waals surface area (Å²) in [5.41, 5.74) is 6.20. The number of nitrogens with two attached hydrogens (primary N) is 1. The van der Waals surface area contributed by atoms with Gasteiger partial charge in [-0.25, -0.2) is 9.98 Å². The summed E-state index contributed by atoms with van der Waals surface area (Å²) >= 11 is 1.25. The molecular formula is C13H19F3N8S. The fraction of sp³-hybridized carbons (Fsp3) is 0.538. The topological polar surface area (TPSA) is 124 Å². The van der Waals surface area contributed by atoms with E-state index in [0.29, 0.717) is 24.1 Å². The third-order valence-corrected chi connectivity index (χ3v) is 3.57. The maximum Gasteiger partial charge on any atom is 0.408 e. The number of alkyl halides is 3. The van der Waals surface area contributed by atoms with E-state index in [-0.39, 0.29) is 5.96 Å². The van der Waals surface area contributed by atoms with Gasteiger partial charge >= 0.3 is 6.18 Å². The first kappa shape index (κ1) is 20.5. The van der Waals surface area contributed by atoms with Gasteiger partial charge in [-0.3, -0.25) is 10.3 Å². The number of hydrogen-bond donors (Lipinski definition) is 4. The smallest absolute Gasteiger partial charge is 0.370 e. The van der Waals surface area contributed by atoms with Crippen molar-refractivity contribution in [3.63, 3.8) is 0 Å². The number of thiazole rings is 1. The van der Waals surface area contributed by atoms with Crippen LogP contribution in [0.25, 0.3) is 0 Å². The average molecular weight is 376 g/mol. The molecule has 0 radical (unpaired) electrons. The second kappa shape index (κ2) is 10.3. The number of hydrogen-bond acceptors (Lipinski definition) is 5. The third kappa shape index (κ3) is 9.36. The van der Waals surface area contributed by atoms with Crippen molar-refractivity contribution in [2.24, 2.45) is 15.7 Å². The van der Waals surface area contributed by atoms with Crippen molar-refractivity contribution in [2.75, 3.05) is 25.5 Å². The van der Waals surface area contributed by atoms with Crippen molar-refractivity contribution in [1.29, 1.82) is 5.26 Å². The largest absolute Gasteiger partial charge is 0.408 e. The number of aryl methyl sites for hydroxylation is 1. The van der Waals surface area contributed by atoms with Crippen LogP contribution in [0.15, 0.2) is 15.4 Å². The SMILES string of the molecule is C/N=C(/NC#N)NCCCCc1csc(N/C(N)=N\CC(F)(F)F)n1. The Morgan fingerprint density at radius 2 is 2.20 bits per heavy atom. The molecule has 1 heterocycles. The molecule has 0 saturated carbocycles. The molecule has 138 valence electrons. The lowest BCUT2D eigenvalue weighted by Crippen LogP contribution is -2.34. The van der Waals surface area contributed by atoms with Gasteiger partial charge in [0.15, 0.2) is 17.3 Å². The molecule has 5 N–H and O–H groups in total. The number of anilines is 1. The molecule has 0 bridgehead atoms. The maximum absolute atomic E-state index is 12.0. The van der Waals surface area contributed by atoms with Gasteiger partial charge in [-0.15, -0.1) is 11.3 Å². The summed E-state index contributed by atoms with van der Waals surface area (Å²) in [5.74, 6) is 0.0927. The Hall–Kier alpha value is -2.55. The summed E-state index contributed by atoms with van der Waals surface area (Å²) in [6.07, 6.45) is -0.218. The molecular weight excluding hydrogens is 357 g/mol. The van der Waals surface area contributed by atoms with E-state index in [1.165, 1.54) is 11.3 Å². The first-order valence-electron chi connectivity index (χ1n) is 7.28. The first-order chi connectivity index (χ1) is 11.8. The van der Waals surface area contributed by atoms with Crippen LogP contribution in [0.1, 0.15) is 18.5 Å². The van der Waals surface area contributed by atoms with Crippen LogP contribution >= 0.6 is 11.3 Å². The van der Waals surface area contributed by atoms with Crippen LogP contribution in [-0.2, 0) is 6.42 Å². The normalized spacial score (nSPS) is 12.6. The van der Waals surface area contributed by atoms with E-state index < -0.39 is 12.7 Å². The second-order valence-electron chi connectivity index (χ2n) is 4.78. The summed E-state index contributed by atoms with van der Waals surface area (Å²) in [7, 11) is 1.57. The maximum atomic E-state index is 12.0. The Bertz CT molecular complexity index is 632. The van der Waals surface area contributed by atoms with Gasteiger partial charge in [-0.05, 0) is 19.3 Å². The number of unbranched alkanes of at least 4 members (excludes halogenated alkanes) is 1. The number of nitriles is 1. The van der Waals surface area contributed by atoms with Crippen molar-refractivity contribution in [3.05, 3.63) is 11.1 Å². The van der Waals surface area contributed by atoms with Crippen molar-refractivity contribution >= 4 is 28.4 Å². The van der Waals surface area contributed by atoms with Gasteiger partial charge in [-0.1, -0.05) is 0 Å². The highest BCUT2D eigenvalue weighted by molar-refractivity contribution is 7.13. The molecule has 0 spiro atoms. The van der Waals surface area contributed by atoms with Crippen LogP contribution in [-0.4, -0.2) is 43.2 Å². The molecule has 0 aliphatic carbocycles. The number of rotatable bonds is 7. The number of aliphatic imine (C=N–C) groups is 2. The minimum atomic E-state index is -4.39. The molecule has 1 aromatic rings. The number of nitrogens with zero attached hydrogens (tertiary/aromatic N) is 4. The number of nitrogens with one attached hydrogen (secondary N) is 3. The van der Waals surface area contributed by atoms with E-state index >= 15 is 0 Å². The Morgan fingerprint density at radius 3 is 2.84 bits per heavy atom. The summed E-state index contributed by atoms with van der Waals surface area (Å²) < 4.78 is 36.1. The van der Waals surface area contributed by atoms with Gasteiger partial charge in [0.2, 0.25) is 5.96 Å². The van der Waals surface area contributed by atoms with Crippen LogP contribution < -0.4 is 21.7 Å². The number of aromatic nitrogens is 1. The molecule has 0 unspecified atom stereocenters. The van der Waals surface area contributed by atoms with E-state index in [1.54, 1.807) is 13.2 Å². The van der Waals surface area contributed by atoms with Crippen LogP contribution in [0.2, 0.25) is 0 Å². The van der Waals surface area contributed by atoms with E-state index in [1.807, 2.05) is 5.38 Å². The fourth-order valence-corrected chi connectivity index (χ4v) is 2.42. The summed E-state index contributed by atoms with van der Waals surface area (Å²) in [5, 5.41) is 18.6. The molecule has 0 aromatic carbocycles. The Labute approximate surface area is 147 Å². The van der Waals surface area contributed by atoms with Crippen LogP contribution in [0.3, 0.4) is 0 Å². The Balaban J connectivity index is 2.31. The van der Waals surface area contributed by atoms with Gasteiger partial charge in [0, 0.05) is 19.0 Å². The van der Waals surface area contributed by atoms with Crippen LogP contribution in [0.4, 0.5) is 18.3 Å². The molecule has 0 atom stereocenters. The molecule has 25 heavy (non-hydrogen) atoms. The predicted molar refractivity (Wildman–Crippen MR) is 91.3 cm³/mol. The summed E-state index contributed by atoms with van der Waals surface area (Å²) in [4.78, 5) is 11.3. The quantitative estimate of drug-likeness (QED) is 0.188. The monoisotopic (exact) mass is 376 g/mol. The lowest BCUT2D eigenvalue weighted by atomic mass is 10.2. The minimum Gasteiger partial charge on any atom is -0.370 e. The molecule has 0 fully saturated rings. The molecule has 1 rings (SSSR count). The molecule has 0 aliphatic rings. The minimum absolute atomic E-state index is 0.321. The molecule has 0 saturated heterocycles. The fourth-order valence-electron chi connectivity index (χ4n) is 1.67. The molecule has 1 aromatic heterocycles. The zero-order valence-electron chi connectivity index (χ0n) is 13.5. The highest BCUT2D eigenvalue weighted by atomic mass is 32.1. The first-order valence-corrected chi connectivity index (χ1v) is 8.16. The van der Waals surface area contributed by atoms with Crippen LogP contribution in [0, 0.1) is 11.5 Å². The van der Waals surface area contributed by atoms with Crippen molar-refractivity contribution in [3.8, 4) is 6.19 Å². The predicted octanol–water partition coefficient (Wildman–Crippen LogP) is 1.40. The van der Waals surface area contributed by atoms with E-state index in [9.17, 15) is 13.2 Å². The standard InChI is InChI=1S/C13H19F3N8S/c1-19-11(22-8-17)20-5-3-2-4-9-6-25-12(23-9)24-10(18)21-7-13(14,15)16/h6H,2-5,7H2,1H3,(H2,19,20,22)(H3,18,21,23,24). The average Bonchev–Trinajstić information content (AvgIpc) is 2.98.